The van der Waals surface area contributed by atoms with Gasteiger partial charge in [-0.1, -0.05) is 18.5 Å². The number of alkyl halides is 3. The average Bonchev–Trinajstić information content (AvgIpc) is 3.54. The van der Waals surface area contributed by atoms with Gasteiger partial charge in [0.25, 0.3) is 5.91 Å². The van der Waals surface area contributed by atoms with Crippen molar-refractivity contribution in [1.82, 2.24) is 19.7 Å². The smallest absolute Gasteiger partial charge is 0.433 e. The van der Waals surface area contributed by atoms with Gasteiger partial charge in [-0.25, -0.2) is 0 Å². The van der Waals surface area contributed by atoms with Crippen molar-refractivity contribution < 1.29 is 32.6 Å². The molecule has 0 spiro atoms. The molecule has 8 nitrogen and oxygen atoms in total. The fourth-order valence-electron chi connectivity index (χ4n) is 5.90. The van der Waals surface area contributed by atoms with Crippen molar-refractivity contribution in [1.29, 1.82) is 0 Å². The minimum atomic E-state index is -4.84. The quantitative estimate of drug-likeness (QED) is 0.390. The molecule has 0 bridgehead atoms. The number of ether oxygens (including phenoxy) is 1. The number of carboxylic acid groups (broad SMARTS) is 1. The highest BCUT2D eigenvalue weighted by molar-refractivity contribution is 6.31. The molecule has 1 aliphatic carbocycles. The largest absolute Gasteiger partial charge is 0.481 e. The molecule has 0 aromatic carbocycles. The molecule has 1 saturated heterocycles. The topological polar surface area (TPSA) is 97.6 Å². The Labute approximate surface area is 236 Å². The molecule has 1 unspecified atom stereocenters. The Kier molecular flexibility index (Phi) is 8.85. The first-order valence-corrected chi connectivity index (χ1v) is 14.1. The third-order valence-electron chi connectivity index (χ3n) is 8.44. The van der Waals surface area contributed by atoms with Crippen LogP contribution in [-0.4, -0.2) is 61.9 Å². The molecule has 2 aromatic rings. The van der Waals surface area contributed by atoms with Gasteiger partial charge in [-0.2, -0.15) is 18.3 Å². The number of rotatable bonds is 9. The highest BCUT2D eigenvalue weighted by Gasteiger charge is 2.45. The second-order valence-corrected chi connectivity index (χ2v) is 11.8. The summed E-state index contributed by atoms with van der Waals surface area (Å²) in [7, 11) is 0. The van der Waals surface area contributed by atoms with E-state index in [4.69, 9.17) is 16.3 Å². The summed E-state index contributed by atoms with van der Waals surface area (Å²) in [6.07, 6.45) is 2.78. The van der Waals surface area contributed by atoms with Crippen LogP contribution in [0.15, 0.2) is 18.6 Å². The molecule has 2 aromatic heterocycles. The summed E-state index contributed by atoms with van der Waals surface area (Å²) in [6, 6.07) is -0.655. The zero-order valence-corrected chi connectivity index (χ0v) is 23.8. The third kappa shape index (κ3) is 6.30. The molecule has 4 rings (SSSR count). The van der Waals surface area contributed by atoms with E-state index in [1.54, 1.807) is 13.1 Å². The Hall–Kier alpha value is -2.66. The van der Waals surface area contributed by atoms with E-state index in [0.29, 0.717) is 30.9 Å². The molecule has 40 heavy (non-hydrogen) atoms. The van der Waals surface area contributed by atoms with E-state index in [1.165, 1.54) is 11.1 Å². The Morgan fingerprint density at radius 1 is 1.20 bits per heavy atom. The molecular weight excluding hydrogens is 549 g/mol. The van der Waals surface area contributed by atoms with Crippen LogP contribution < -0.4 is 0 Å². The number of pyridine rings is 1. The summed E-state index contributed by atoms with van der Waals surface area (Å²) in [5, 5.41) is 14.0. The Morgan fingerprint density at radius 3 is 2.48 bits per heavy atom. The number of aliphatic carboxylic acids is 1. The van der Waals surface area contributed by atoms with Crippen molar-refractivity contribution in [3.05, 3.63) is 46.0 Å². The lowest BCUT2D eigenvalue weighted by molar-refractivity contribution is -0.152. The Balaban J connectivity index is 1.65. The predicted octanol–water partition coefficient (Wildman–Crippen LogP) is 5.97. The first kappa shape index (κ1) is 30.3. The number of hydrogen-bond donors (Lipinski definition) is 1. The van der Waals surface area contributed by atoms with Crippen molar-refractivity contribution in [2.24, 2.45) is 5.41 Å². The van der Waals surface area contributed by atoms with E-state index in [-0.39, 0.29) is 38.8 Å². The first-order chi connectivity index (χ1) is 18.8. The fraction of sp³-hybridized carbons (Fsp3) is 0.643. The van der Waals surface area contributed by atoms with Crippen LogP contribution in [0, 0.1) is 5.41 Å². The van der Waals surface area contributed by atoms with Crippen LogP contribution in [0.1, 0.15) is 92.5 Å². The number of aromatic nitrogens is 3. The molecule has 3 heterocycles. The van der Waals surface area contributed by atoms with Gasteiger partial charge in [0.15, 0.2) is 5.69 Å². The maximum absolute atomic E-state index is 14.5. The molecule has 220 valence electrons. The van der Waals surface area contributed by atoms with Gasteiger partial charge in [-0.15, -0.1) is 0 Å². The van der Waals surface area contributed by atoms with Gasteiger partial charge in [0.1, 0.15) is 0 Å². The van der Waals surface area contributed by atoms with Crippen LogP contribution in [-0.2, 0) is 28.5 Å². The first-order valence-electron chi connectivity index (χ1n) is 13.7. The van der Waals surface area contributed by atoms with Crippen LogP contribution >= 0.6 is 11.6 Å². The molecule has 1 amide bonds. The normalized spacial score (nSPS) is 25.2. The number of halogens is 4. The minimum Gasteiger partial charge on any atom is -0.481 e. The second kappa shape index (κ2) is 11.7. The van der Waals surface area contributed by atoms with Crippen LogP contribution in [0.25, 0.3) is 0 Å². The van der Waals surface area contributed by atoms with Gasteiger partial charge in [-0.05, 0) is 76.3 Å². The minimum absolute atomic E-state index is 0.124. The van der Waals surface area contributed by atoms with E-state index in [0.717, 1.165) is 28.4 Å². The summed E-state index contributed by atoms with van der Waals surface area (Å²) in [5.41, 5.74) is -1.55. The van der Waals surface area contributed by atoms with Crippen molar-refractivity contribution in [2.75, 3.05) is 19.7 Å². The number of nitrogens with zero attached hydrogens (tertiary/aromatic N) is 4. The van der Waals surface area contributed by atoms with Crippen molar-refractivity contribution >= 4 is 23.5 Å². The van der Waals surface area contributed by atoms with Crippen molar-refractivity contribution in [2.45, 2.75) is 90.0 Å². The summed E-state index contributed by atoms with van der Waals surface area (Å²) >= 11 is 6.41. The summed E-state index contributed by atoms with van der Waals surface area (Å²) in [4.78, 5) is 31.1. The average molecular weight is 585 g/mol. The van der Waals surface area contributed by atoms with Gasteiger partial charge >= 0.3 is 12.1 Å². The lowest BCUT2D eigenvalue weighted by Crippen LogP contribution is -2.45. The number of carbonyl (C=O) groups is 2. The van der Waals surface area contributed by atoms with E-state index in [1.807, 2.05) is 13.8 Å². The molecule has 2 aliphatic rings. The molecule has 1 aliphatic heterocycles. The molecular formula is C28H36ClF3N4O4. The maximum Gasteiger partial charge on any atom is 0.433 e. The molecule has 12 heteroatoms. The molecule has 1 N–H and O–H groups in total. The number of hydrogen-bond acceptors (Lipinski definition) is 5. The van der Waals surface area contributed by atoms with Crippen LogP contribution in [0.5, 0.6) is 0 Å². The highest BCUT2D eigenvalue weighted by atomic mass is 35.5. The molecule has 1 atom stereocenters. The molecule has 1 saturated carbocycles. The Morgan fingerprint density at radius 2 is 1.90 bits per heavy atom. The number of aryl methyl sites for hydroxylation is 1. The van der Waals surface area contributed by atoms with E-state index in [2.05, 4.69) is 10.1 Å². The Bertz CT molecular complexity index is 1230. The number of carbonyl (C=O) groups excluding carboxylic acids is 1. The maximum atomic E-state index is 14.5. The predicted molar refractivity (Wildman–Crippen MR) is 142 cm³/mol. The highest BCUT2D eigenvalue weighted by Crippen LogP contribution is 2.43. The summed E-state index contributed by atoms with van der Waals surface area (Å²) in [5.74, 6) is -1.73. The second-order valence-electron chi connectivity index (χ2n) is 11.4. The monoisotopic (exact) mass is 584 g/mol. The van der Waals surface area contributed by atoms with Crippen molar-refractivity contribution in [3.8, 4) is 0 Å². The zero-order valence-electron chi connectivity index (χ0n) is 23.1. The molecule has 0 radical (unpaired) electrons. The molecule has 2 fully saturated rings. The lowest BCUT2D eigenvalue weighted by atomic mass is 9.74. The third-order valence-corrected chi connectivity index (χ3v) is 8.76. The van der Waals surface area contributed by atoms with Gasteiger partial charge in [0, 0.05) is 32.1 Å². The lowest BCUT2D eigenvalue weighted by Gasteiger charge is -2.35. The van der Waals surface area contributed by atoms with Crippen molar-refractivity contribution in [3.63, 3.8) is 0 Å². The van der Waals surface area contributed by atoms with E-state index >= 15 is 0 Å². The number of amides is 1. The van der Waals surface area contributed by atoms with Gasteiger partial charge in [0.05, 0.1) is 33.8 Å². The SMILES string of the molecule is CCc1cncc(Cl)c1CCN(CC1(C)CCCO1)C(=O)c1cnn(C2CCC(C)(C(=O)O)CC2)c1C(F)(F)F. The summed E-state index contributed by atoms with van der Waals surface area (Å²) in [6.45, 7) is 6.22. The fourth-order valence-corrected chi connectivity index (χ4v) is 6.17. The van der Waals surface area contributed by atoms with Gasteiger partial charge < -0.3 is 14.7 Å². The van der Waals surface area contributed by atoms with Crippen LogP contribution in [0.3, 0.4) is 0 Å². The number of carboxylic acids is 1. The van der Waals surface area contributed by atoms with Crippen LogP contribution in [0.2, 0.25) is 5.02 Å². The zero-order chi connectivity index (χ0) is 29.3. The summed E-state index contributed by atoms with van der Waals surface area (Å²) < 4.78 is 50.3. The standard InChI is InChI=1S/C28H36ClF3N4O4/c1-4-18-14-33-16-22(29)20(18)8-12-35(17-27(3)9-5-13-40-27)24(37)21-15-34-36(23(21)28(30,31)32)19-6-10-26(2,11-7-19)25(38)39/h14-16,19H,4-13,17H2,1-3H3,(H,38,39). The van der Waals surface area contributed by atoms with Gasteiger partial charge in [-0.3, -0.25) is 19.3 Å². The van der Waals surface area contributed by atoms with E-state index in [9.17, 15) is 27.9 Å². The van der Waals surface area contributed by atoms with E-state index < -0.39 is 46.4 Å². The van der Waals surface area contributed by atoms with Gasteiger partial charge in [0.2, 0.25) is 0 Å². The van der Waals surface area contributed by atoms with Crippen LogP contribution in [0.4, 0.5) is 13.2 Å².